The molecule has 0 unspecified atom stereocenters. The number of aromatic nitrogens is 2. The highest BCUT2D eigenvalue weighted by Gasteiger charge is 2.18. The van der Waals surface area contributed by atoms with Crippen LogP contribution in [0.15, 0.2) is 29.2 Å². The van der Waals surface area contributed by atoms with Crippen LogP contribution in [0.25, 0.3) is 0 Å². The Kier molecular flexibility index (Phi) is 6.26. The summed E-state index contributed by atoms with van der Waals surface area (Å²) in [5.74, 6) is 0.278. The highest BCUT2D eigenvalue weighted by atomic mass is 32.2. The number of anilines is 1. The van der Waals surface area contributed by atoms with E-state index in [9.17, 15) is 13.2 Å². The van der Waals surface area contributed by atoms with Crippen LogP contribution in [-0.2, 0) is 16.4 Å². The van der Waals surface area contributed by atoms with Gasteiger partial charge in [0.15, 0.2) is 5.78 Å². The third-order valence-electron chi connectivity index (χ3n) is 3.38. The summed E-state index contributed by atoms with van der Waals surface area (Å²) >= 11 is 1.42. The topological polar surface area (TPSA) is 92.3 Å². The van der Waals surface area contributed by atoms with Gasteiger partial charge in [0.25, 0.3) is 0 Å². The van der Waals surface area contributed by atoms with Gasteiger partial charge in [-0.3, -0.25) is 4.79 Å². The maximum absolute atomic E-state index is 12.3. The standard InChI is InChI=1S/C16H22N4O3S2/c1-11(2)8-15-18-19-16(24-15)17-10-14(21)12-6-5-7-13(9-12)25(22,23)20(3)4/h5-7,9,11H,8,10H2,1-4H3,(H,17,19). The molecule has 0 atom stereocenters. The molecule has 0 saturated heterocycles. The van der Waals surface area contributed by atoms with Crippen LogP contribution in [0.2, 0.25) is 0 Å². The molecule has 0 spiro atoms. The van der Waals surface area contributed by atoms with Gasteiger partial charge < -0.3 is 5.32 Å². The molecule has 7 nitrogen and oxygen atoms in total. The van der Waals surface area contributed by atoms with Gasteiger partial charge in [-0.25, -0.2) is 12.7 Å². The number of benzene rings is 1. The van der Waals surface area contributed by atoms with Crippen LogP contribution < -0.4 is 5.32 Å². The van der Waals surface area contributed by atoms with Crippen molar-refractivity contribution in [1.82, 2.24) is 14.5 Å². The maximum Gasteiger partial charge on any atom is 0.242 e. The van der Waals surface area contributed by atoms with E-state index in [0.717, 1.165) is 15.7 Å². The summed E-state index contributed by atoms with van der Waals surface area (Å²) in [6.07, 6.45) is 0.845. The van der Waals surface area contributed by atoms with E-state index >= 15 is 0 Å². The largest absolute Gasteiger partial charge is 0.353 e. The molecule has 1 heterocycles. The van der Waals surface area contributed by atoms with Gasteiger partial charge in [0, 0.05) is 26.1 Å². The molecular formula is C16H22N4O3S2. The third kappa shape index (κ3) is 5.07. The SMILES string of the molecule is CC(C)Cc1nnc(NCC(=O)c2cccc(S(=O)(=O)N(C)C)c2)s1. The number of hydrogen-bond donors (Lipinski definition) is 1. The second-order valence-electron chi connectivity index (χ2n) is 6.19. The fraction of sp³-hybridized carbons (Fsp3) is 0.438. The van der Waals surface area contributed by atoms with Gasteiger partial charge in [0.05, 0.1) is 11.4 Å². The van der Waals surface area contributed by atoms with Gasteiger partial charge >= 0.3 is 0 Å². The van der Waals surface area contributed by atoms with Crippen LogP contribution in [0, 0.1) is 5.92 Å². The smallest absolute Gasteiger partial charge is 0.242 e. The minimum absolute atomic E-state index is 0.0295. The molecule has 2 rings (SSSR count). The summed E-state index contributed by atoms with van der Waals surface area (Å²) in [5.41, 5.74) is 0.336. The molecular weight excluding hydrogens is 360 g/mol. The second kappa shape index (κ2) is 8.03. The number of hydrogen-bond acceptors (Lipinski definition) is 7. The molecule has 9 heteroatoms. The van der Waals surface area contributed by atoms with E-state index in [0.29, 0.717) is 16.6 Å². The van der Waals surface area contributed by atoms with E-state index in [4.69, 9.17) is 0 Å². The van der Waals surface area contributed by atoms with Gasteiger partial charge in [-0.2, -0.15) is 0 Å². The van der Waals surface area contributed by atoms with E-state index in [1.165, 1.54) is 37.6 Å². The molecule has 0 aliphatic heterocycles. The Morgan fingerprint density at radius 2 is 2.00 bits per heavy atom. The van der Waals surface area contributed by atoms with Crippen LogP contribution in [0.4, 0.5) is 5.13 Å². The van der Waals surface area contributed by atoms with Crippen molar-refractivity contribution in [2.24, 2.45) is 5.92 Å². The Bertz CT molecular complexity index is 845. The quantitative estimate of drug-likeness (QED) is 0.704. The normalized spacial score (nSPS) is 11.9. The lowest BCUT2D eigenvalue weighted by molar-refractivity contribution is 0.101. The summed E-state index contributed by atoms with van der Waals surface area (Å²) < 4.78 is 25.4. The number of ketones is 1. The summed E-state index contributed by atoms with van der Waals surface area (Å²) in [6.45, 7) is 4.24. The van der Waals surface area contributed by atoms with E-state index in [-0.39, 0.29) is 17.2 Å². The highest BCUT2D eigenvalue weighted by molar-refractivity contribution is 7.89. The van der Waals surface area contributed by atoms with Crippen LogP contribution in [0.3, 0.4) is 0 Å². The van der Waals surface area contributed by atoms with E-state index in [2.05, 4.69) is 29.4 Å². The van der Waals surface area contributed by atoms with Crippen LogP contribution >= 0.6 is 11.3 Å². The van der Waals surface area contributed by atoms with Crippen molar-refractivity contribution in [3.8, 4) is 0 Å². The lowest BCUT2D eigenvalue weighted by Crippen LogP contribution is -2.22. The monoisotopic (exact) mass is 382 g/mol. The average molecular weight is 383 g/mol. The Morgan fingerprint density at radius 3 is 2.64 bits per heavy atom. The van der Waals surface area contributed by atoms with Gasteiger partial charge in [-0.1, -0.05) is 37.3 Å². The fourth-order valence-corrected chi connectivity index (χ4v) is 3.95. The molecule has 0 fully saturated rings. The van der Waals surface area contributed by atoms with Gasteiger partial charge in [-0.05, 0) is 18.1 Å². The molecule has 1 aromatic carbocycles. The Morgan fingerprint density at radius 1 is 1.28 bits per heavy atom. The molecule has 0 bridgehead atoms. The van der Waals surface area contributed by atoms with Crippen molar-refractivity contribution in [3.05, 3.63) is 34.8 Å². The third-order valence-corrected chi connectivity index (χ3v) is 6.10. The van der Waals surface area contributed by atoms with Crippen molar-refractivity contribution < 1.29 is 13.2 Å². The lowest BCUT2D eigenvalue weighted by atomic mass is 10.1. The van der Waals surface area contributed by atoms with Crippen molar-refractivity contribution in [2.45, 2.75) is 25.2 Å². The van der Waals surface area contributed by atoms with Crippen LogP contribution in [-0.4, -0.2) is 49.3 Å². The zero-order valence-electron chi connectivity index (χ0n) is 14.7. The van der Waals surface area contributed by atoms with Crippen molar-refractivity contribution in [2.75, 3.05) is 26.0 Å². The molecule has 1 N–H and O–H groups in total. The van der Waals surface area contributed by atoms with Gasteiger partial charge in [0.1, 0.15) is 5.01 Å². The Hall–Kier alpha value is -1.84. The maximum atomic E-state index is 12.3. The second-order valence-corrected chi connectivity index (χ2v) is 9.40. The molecule has 1 aromatic heterocycles. The summed E-state index contributed by atoms with van der Waals surface area (Å²) in [5, 5.41) is 12.6. The number of sulfonamides is 1. The molecule has 0 radical (unpaired) electrons. The van der Waals surface area contributed by atoms with Gasteiger partial charge in [0.2, 0.25) is 15.2 Å². The Labute approximate surface area is 152 Å². The van der Waals surface area contributed by atoms with Crippen LogP contribution in [0.5, 0.6) is 0 Å². The summed E-state index contributed by atoms with van der Waals surface area (Å²) in [6, 6.07) is 6.03. The predicted octanol–water partition coefficient (Wildman–Crippen LogP) is 2.28. The minimum Gasteiger partial charge on any atom is -0.353 e. The first-order valence-corrected chi connectivity index (χ1v) is 10.1. The van der Waals surface area contributed by atoms with Crippen molar-refractivity contribution in [3.63, 3.8) is 0 Å². The molecule has 0 saturated carbocycles. The van der Waals surface area contributed by atoms with E-state index in [1.807, 2.05) is 0 Å². The molecule has 2 aromatic rings. The molecule has 0 aliphatic carbocycles. The number of carbonyl (C=O) groups excluding carboxylic acids is 1. The number of Topliss-reactive ketones (excluding diaryl/α,β-unsaturated/α-hetero) is 1. The first kappa shape index (κ1) is 19.5. The fourth-order valence-electron chi connectivity index (χ4n) is 2.06. The Balaban J connectivity index is 2.05. The zero-order chi connectivity index (χ0) is 18.6. The first-order valence-electron chi connectivity index (χ1n) is 7.82. The number of rotatable bonds is 8. The number of nitrogens with one attached hydrogen (secondary N) is 1. The van der Waals surface area contributed by atoms with Crippen LogP contribution in [0.1, 0.15) is 29.2 Å². The lowest BCUT2D eigenvalue weighted by Gasteiger charge is -2.12. The number of carbonyl (C=O) groups is 1. The van der Waals surface area contributed by atoms with Crippen molar-refractivity contribution in [1.29, 1.82) is 0 Å². The average Bonchev–Trinajstić information content (AvgIpc) is 2.99. The molecule has 25 heavy (non-hydrogen) atoms. The van der Waals surface area contributed by atoms with Gasteiger partial charge in [-0.15, -0.1) is 10.2 Å². The summed E-state index contributed by atoms with van der Waals surface area (Å²) in [4.78, 5) is 12.4. The minimum atomic E-state index is -3.57. The van der Waals surface area contributed by atoms with Crippen molar-refractivity contribution >= 4 is 32.3 Å². The zero-order valence-corrected chi connectivity index (χ0v) is 16.3. The van der Waals surface area contributed by atoms with E-state index < -0.39 is 10.0 Å². The molecule has 136 valence electrons. The highest BCUT2D eigenvalue weighted by Crippen LogP contribution is 2.19. The molecule has 0 amide bonds. The predicted molar refractivity (Wildman–Crippen MR) is 98.6 cm³/mol. The first-order chi connectivity index (χ1) is 11.7. The van der Waals surface area contributed by atoms with E-state index in [1.54, 1.807) is 12.1 Å². The summed E-state index contributed by atoms with van der Waals surface area (Å²) in [7, 11) is -0.660. The number of nitrogens with zero attached hydrogens (tertiary/aromatic N) is 3. The molecule has 0 aliphatic rings.